The summed E-state index contributed by atoms with van der Waals surface area (Å²) in [5, 5.41) is 0. The number of hydrogen-bond acceptors (Lipinski definition) is 3. The Morgan fingerprint density at radius 2 is 1.67 bits per heavy atom. The van der Waals surface area contributed by atoms with E-state index in [1.165, 1.54) is 0 Å². The fourth-order valence-corrected chi connectivity index (χ4v) is 0.902. The number of ether oxygens (including phenoxy) is 2. The van der Waals surface area contributed by atoms with Gasteiger partial charge in [0.15, 0.2) is 6.29 Å². The molecule has 0 spiro atoms. The Kier molecular flexibility index (Phi) is 8.18. The molecule has 1 aromatic carbocycles. The van der Waals surface area contributed by atoms with Gasteiger partial charge in [-0.1, -0.05) is 28.1 Å². The molecule has 0 aliphatic carbocycles. The Hall–Kier alpha value is -0.710. The van der Waals surface area contributed by atoms with E-state index in [1.54, 1.807) is 26.4 Å². The Morgan fingerprint density at radius 3 is 1.93 bits per heavy atom. The zero-order valence-electron chi connectivity index (χ0n) is 9.07. The SMILES string of the molecule is COC(C)OC.O=Cc1ccc(Br)cc1. The molecule has 0 N–H and O–H groups in total. The minimum absolute atomic E-state index is 0.0648. The average Bonchev–Trinajstić information content (AvgIpc) is 2.30. The zero-order chi connectivity index (χ0) is 11.7. The molecule has 0 bridgehead atoms. The van der Waals surface area contributed by atoms with Crippen molar-refractivity contribution in [2.75, 3.05) is 14.2 Å². The van der Waals surface area contributed by atoms with Gasteiger partial charge in [-0.05, 0) is 19.1 Å². The van der Waals surface area contributed by atoms with E-state index < -0.39 is 0 Å². The number of rotatable bonds is 3. The van der Waals surface area contributed by atoms with Gasteiger partial charge in [0, 0.05) is 24.3 Å². The van der Waals surface area contributed by atoms with Crippen molar-refractivity contribution in [2.24, 2.45) is 0 Å². The number of hydrogen-bond donors (Lipinski definition) is 0. The van der Waals surface area contributed by atoms with E-state index in [9.17, 15) is 4.79 Å². The van der Waals surface area contributed by atoms with Gasteiger partial charge in [0.05, 0.1) is 0 Å². The third-order valence-corrected chi connectivity index (χ3v) is 2.20. The normalized spacial score (nSPS) is 9.40. The van der Waals surface area contributed by atoms with Gasteiger partial charge in [-0.2, -0.15) is 0 Å². The molecule has 0 aliphatic heterocycles. The second kappa shape index (κ2) is 8.59. The Labute approximate surface area is 98.5 Å². The molecule has 4 heteroatoms. The fourth-order valence-electron chi connectivity index (χ4n) is 0.638. The van der Waals surface area contributed by atoms with E-state index in [0.717, 1.165) is 10.8 Å². The maximum absolute atomic E-state index is 10.1. The summed E-state index contributed by atoms with van der Waals surface area (Å²) in [6.07, 6.45) is 0.761. The van der Waals surface area contributed by atoms with Crippen LogP contribution in [0.3, 0.4) is 0 Å². The Balaban J connectivity index is 0.000000288. The number of carbonyl (C=O) groups excluding carboxylic acids is 1. The first-order chi connectivity index (χ1) is 7.13. The molecule has 0 amide bonds. The van der Waals surface area contributed by atoms with Gasteiger partial charge < -0.3 is 9.47 Å². The van der Waals surface area contributed by atoms with Crippen LogP contribution in [0.25, 0.3) is 0 Å². The van der Waals surface area contributed by atoms with E-state index in [1.807, 2.05) is 19.1 Å². The molecule has 0 atom stereocenters. The molecule has 3 nitrogen and oxygen atoms in total. The third-order valence-electron chi connectivity index (χ3n) is 1.67. The molecule has 1 aromatic rings. The van der Waals surface area contributed by atoms with Gasteiger partial charge in [-0.3, -0.25) is 4.79 Å². The minimum Gasteiger partial charge on any atom is -0.356 e. The second-order valence-electron chi connectivity index (χ2n) is 2.71. The number of methoxy groups -OCH3 is 2. The van der Waals surface area contributed by atoms with Crippen molar-refractivity contribution in [3.63, 3.8) is 0 Å². The highest BCUT2D eigenvalue weighted by molar-refractivity contribution is 9.10. The molecule has 0 aliphatic rings. The minimum atomic E-state index is -0.0648. The van der Waals surface area contributed by atoms with Gasteiger partial charge in [0.25, 0.3) is 0 Å². The highest BCUT2D eigenvalue weighted by Crippen LogP contribution is 2.08. The molecule has 0 radical (unpaired) electrons. The van der Waals surface area contributed by atoms with Crippen LogP contribution in [0, 0.1) is 0 Å². The van der Waals surface area contributed by atoms with Crippen molar-refractivity contribution < 1.29 is 14.3 Å². The van der Waals surface area contributed by atoms with Crippen molar-refractivity contribution in [2.45, 2.75) is 13.2 Å². The van der Waals surface area contributed by atoms with Gasteiger partial charge >= 0.3 is 0 Å². The van der Waals surface area contributed by atoms with Crippen LogP contribution in [0.1, 0.15) is 17.3 Å². The van der Waals surface area contributed by atoms with Gasteiger partial charge in [0.1, 0.15) is 6.29 Å². The summed E-state index contributed by atoms with van der Waals surface area (Å²) in [5.41, 5.74) is 0.707. The second-order valence-corrected chi connectivity index (χ2v) is 3.62. The lowest BCUT2D eigenvalue weighted by atomic mass is 10.2. The van der Waals surface area contributed by atoms with Crippen LogP contribution < -0.4 is 0 Å². The summed E-state index contributed by atoms with van der Waals surface area (Å²) in [6.45, 7) is 1.83. The highest BCUT2D eigenvalue weighted by Gasteiger charge is 1.88. The first kappa shape index (κ1) is 14.3. The van der Waals surface area contributed by atoms with Crippen molar-refractivity contribution in [3.05, 3.63) is 34.3 Å². The van der Waals surface area contributed by atoms with Gasteiger partial charge in [-0.25, -0.2) is 0 Å². The zero-order valence-corrected chi connectivity index (χ0v) is 10.7. The van der Waals surface area contributed by atoms with Crippen molar-refractivity contribution in [1.82, 2.24) is 0 Å². The molecule has 0 fully saturated rings. The average molecular weight is 275 g/mol. The van der Waals surface area contributed by atoms with E-state index in [4.69, 9.17) is 0 Å². The molecular formula is C11H15BrO3. The monoisotopic (exact) mass is 274 g/mol. The number of halogens is 1. The molecule has 0 aromatic heterocycles. The maximum Gasteiger partial charge on any atom is 0.154 e. The fraction of sp³-hybridized carbons (Fsp3) is 0.364. The molecule has 15 heavy (non-hydrogen) atoms. The van der Waals surface area contributed by atoms with E-state index >= 15 is 0 Å². The first-order valence-corrected chi connectivity index (χ1v) is 5.19. The van der Waals surface area contributed by atoms with Gasteiger partial charge in [-0.15, -0.1) is 0 Å². The molecule has 0 saturated carbocycles. The van der Waals surface area contributed by atoms with E-state index in [0.29, 0.717) is 5.56 Å². The smallest absolute Gasteiger partial charge is 0.154 e. The largest absolute Gasteiger partial charge is 0.356 e. The lowest BCUT2D eigenvalue weighted by Crippen LogP contribution is -2.05. The summed E-state index contributed by atoms with van der Waals surface area (Å²) >= 11 is 3.26. The Morgan fingerprint density at radius 1 is 1.20 bits per heavy atom. The van der Waals surface area contributed by atoms with Crippen LogP contribution in [-0.4, -0.2) is 26.8 Å². The molecule has 0 saturated heterocycles. The topological polar surface area (TPSA) is 35.5 Å². The highest BCUT2D eigenvalue weighted by atomic mass is 79.9. The summed E-state index contributed by atoms with van der Waals surface area (Å²) in [5.74, 6) is 0. The first-order valence-electron chi connectivity index (χ1n) is 4.40. The van der Waals surface area contributed by atoms with Crippen molar-refractivity contribution >= 4 is 22.2 Å². The molecular weight excluding hydrogens is 260 g/mol. The van der Waals surface area contributed by atoms with Crippen LogP contribution in [0.4, 0.5) is 0 Å². The van der Waals surface area contributed by atoms with Crippen LogP contribution >= 0.6 is 15.9 Å². The molecule has 84 valence electrons. The molecule has 0 heterocycles. The summed E-state index contributed by atoms with van der Waals surface area (Å²) in [6, 6.07) is 7.20. The number of carbonyl (C=O) groups is 1. The third kappa shape index (κ3) is 7.25. The Bertz CT molecular complexity index is 268. The van der Waals surface area contributed by atoms with E-state index in [2.05, 4.69) is 25.4 Å². The van der Waals surface area contributed by atoms with Crippen molar-refractivity contribution in [1.29, 1.82) is 0 Å². The standard InChI is InChI=1S/C7H5BrO.C4H10O2/c8-7-3-1-6(5-9)2-4-7;1-4(5-2)6-3/h1-5H;4H,1-3H3. The van der Waals surface area contributed by atoms with E-state index in [-0.39, 0.29) is 6.29 Å². The number of aldehydes is 1. The lowest BCUT2D eigenvalue weighted by molar-refractivity contribution is -0.0877. The van der Waals surface area contributed by atoms with Gasteiger partial charge in [0.2, 0.25) is 0 Å². The maximum atomic E-state index is 10.1. The summed E-state index contributed by atoms with van der Waals surface area (Å²) < 4.78 is 10.3. The predicted octanol–water partition coefficient (Wildman–Crippen LogP) is 2.89. The predicted molar refractivity (Wildman–Crippen MR) is 63.0 cm³/mol. The van der Waals surface area contributed by atoms with Crippen LogP contribution in [-0.2, 0) is 9.47 Å². The van der Waals surface area contributed by atoms with Crippen LogP contribution in [0.15, 0.2) is 28.7 Å². The van der Waals surface area contributed by atoms with Crippen LogP contribution in [0.2, 0.25) is 0 Å². The molecule has 0 unspecified atom stereocenters. The van der Waals surface area contributed by atoms with Crippen molar-refractivity contribution in [3.8, 4) is 0 Å². The summed E-state index contributed by atoms with van der Waals surface area (Å²) in [4.78, 5) is 10.1. The molecule has 1 rings (SSSR count). The quantitative estimate of drug-likeness (QED) is 0.628. The summed E-state index contributed by atoms with van der Waals surface area (Å²) in [7, 11) is 3.21. The van der Waals surface area contributed by atoms with Crippen LogP contribution in [0.5, 0.6) is 0 Å². The number of benzene rings is 1. The lowest BCUT2D eigenvalue weighted by Gasteiger charge is -2.03.